The molecule has 1 aromatic rings. The fourth-order valence-electron chi connectivity index (χ4n) is 3.35. The molecule has 0 unspecified atom stereocenters. The second-order valence-corrected chi connectivity index (χ2v) is 6.76. The zero-order valence-electron chi connectivity index (χ0n) is 11.4. The molecular weight excluding hydrogens is 222 g/mol. The molecule has 1 N–H and O–H groups in total. The molecular formula is C16H21NO. The predicted octanol–water partition coefficient (Wildman–Crippen LogP) is 2.98. The van der Waals surface area contributed by atoms with Gasteiger partial charge in [-0.25, -0.2) is 0 Å². The minimum atomic E-state index is 0.199. The molecule has 0 radical (unpaired) electrons. The molecule has 1 saturated heterocycles. The number of amides is 1. The average Bonchev–Trinajstić information content (AvgIpc) is 2.86. The minimum Gasteiger partial charge on any atom is -0.353 e. The summed E-state index contributed by atoms with van der Waals surface area (Å²) in [6.45, 7) is 6.69. The maximum Gasteiger partial charge on any atom is 0.224 e. The van der Waals surface area contributed by atoms with Crippen LogP contribution in [0.25, 0.3) is 0 Å². The molecule has 2 nitrogen and oxygen atoms in total. The SMILES string of the molecule is CC(C)(C)c1ccc([C@H]2C[C@H]3C[C@@H]2C(=O)N3)cc1. The molecule has 2 heteroatoms. The van der Waals surface area contributed by atoms with Crippen LogP contribution in [-0.2, 0) is 10.2 Å². The lowest BCUT2D eigenvalue weighted by atomic mass is 9.83. The number of hydrogen-bond acceptors (Lipinski definition) is 1. The Balaban J connectivity index is 1.84. The van der Waals surface area contributed by atoms with E-state index in [2.05, 4.69) is 50.4 Å². The first-order chi connectivity index (χ1) is 8.45. The summed E-state index contributed by atoms with van der Waals surface area (Å²) in [5.74, 6) is 0.921. The third-order valence-electron chi connectivity index (χ3n) is 4.45. The highest BCUT2D eigenvalue weighted by Crippen LogP contribution is 2.44. The monoisotopic (exact) mass is 243 g/mol. The van der Waals surface area contributed by atoms with E-state index in [4.69, 9.17) is 0 Å². The quantitative estimate of drug-likeness (QED) is 0.807. The largest absolute Gasteiger partial charge is 0.353 e. The van der Waals surface area contributed by atoms with Crippen LogP contribution in [0.4, 0.5) is 0 Å². The first-order valence-electron chi connectivity index (χ1n) is 6.86. The normalized spacial score (nSPS) is 30.6. The number of nitrogens with one attached hydrogen (secondary N) is 1. The van der Waals surface area contributed by atoms with Crippen LogP contribution in [0.15, 0.2) is 24.3 Å². The van der Waals surface area contributed by atoms with Gasteiger partial charge in [-0.2, -0.15) is 0 Å². The van der Waals surface area contributed by atoms with Crippen molar-refractivity contribution >= 4 is 5.91 Å². The summed E-state index contributed by atoms with van der Waals surface area (Å²) in [5, 5.41) is 3.05. The van der Waals surface area contributed by atoms with Crippen LogP contribution in [0.2, 0.25) is 0 Å². The Kier molecular flexibility index (Phi) is 2.51. The van der Waals surface area contributed by atoms with Gasteiger partial charge in [0.2, 0.25) is 5.91 Å². The van der Waals surface area contributed by atoms with Crippen molar-refractivity contribution in [3.8, 4) is 0 Å². The van der Waals surface area contributed by atoms with Gasteiger partial charge in [-0.1, -0.05) is 45.0 Å². The third kappa shape index (κ3) is 1.84. The lowest BCUT2D eigenvalue weighted by Crippen LogP contribution is -2.34. The summed E-state index contributed by atoms with van der Waals surface area (Å²) in [5.41, 5.74) is 2.90. The third-order valence-corrected chi connectivity index (χ3v) is 4.45. The molecule has 1 aromatic carbocycles. The van der Waals surface area contributed by atoms with Crippen LogP contribution < -0.4 is 5.32 Å². The van der Waals surface area contributed by atoms with Crippen molar-refractivity contribution in [3.63, 3.8) is 0 Å². The second kappa shape index (κ2) is 3.84. The molecule has 3 atom stereocenters. The Bertz CT molecular complexity index is 469. The number of benzene rings is 1. The van der Waals surface area contributed by atoms with E-state index < -0.39 is 0 Å². The topological polar surface area (TPSA) is 29.1 Å². The van der Waals surface area contributed by atoms with Crippen molar-refractivity contribution in [2.24, 2.45) is 5.92 Å². The summed E-state index contributed by atoms with van der Waals surface area (Å²) in [4.78, 5) is 11.7. The Morgan fingerprint density at radius 3 is 2.17 bits per heavy atom. The standard InChI is InChI=1S/C16H21NO/c1-16(2,3)11-6-4-10(5-7-11)13-8-12-9-14(13)15(18)17-12/h4-7,12-14H,8-9H2,1-3H3,(H,17,18)/t12-,13+,14-/m0/s1. The van der Waals surface area contributed by atoms with Gasteiger partial charge in [-0.15, -0.1) is 0 Å². The van der Waals surface area contributed by atoms with Gasteiger partial charge in [-0.05, 0) is 35.3 Å². The molecule has 96 valence electrons. The molecule has 1 aliphatic carbocycles. The fraction of sp³-hybridized carbons (Fsp3) is 0.562. The summed E-state index contributed by atoms with van der Waals surface area (Å²) in [6.07, 6.45) is 2.15. The lowest BCUT2D eigenvalue weighted by Gasteiger charge is -2.24. The van der Waals surface area contributed by atoms with E-state index in [0.717, 1.165) is 12.8 Å². The fourth-order valence-corrected chi connectivity index (χ4v) is 3.35. The maximum atomic E-state index is 11.7. The van der Waals surface area contributed by atoms with E-state index in [1.54, 1.807) is 0 Å². The van der Waals surface area contributed by atoms with Crippen molar-refractivity contribution in [1.82, 2.24) is 5.32 Å². The molecule has 0 spiro atoms. The highest BCUT2D eigenvalue weighted by molar-refractivity contribution is 5.83. The van der Waals surface area contributed by atoms with E-state index in [1.807, 2.05) is 0 Å². The summed E-state index contributed by atoms with van der Waals surface area (Å²) in [7, 11) is 0. The van der Waals surface area contributed by atoms with Crippen molar-refractivity contribution < 1.29 is 4.79 Å². The molecule has 18 heavy (non-hydrogen) atoms. The van der Waals surface area contributed by atoms with Crippen LogP contribution in [0, 0.1) is 5.92 Å². The minimum absolute atomic E-state index is 0.199. The first-order valence-corrected chi connectivity index (χ1v) is 6.86. The average molecular weight is 243 g/mol. The van der Waals surface area contributed by atoms with Gasteiger partial charge >= 0.3 is 0 Å². The number of carbonyl (C=O) groups excluding carboxylic acids is 1. The van der Waals surface area contributed by atoms with Gasteiger partial charge in [0.25, 0.3) is 0 Å². The number of carbonyl (C=O) groups is 1. The molecule has 1 aliphatic heterocycles. The van der Waals surface area contributed by atoms with Crippen molar-refractivity contribution in [2.45, 2.75) is 51.0 Å². The molecule has 1 amide bonds. The van der Waals surface area contributed by atoms with E-state index >= 15 is 0 Å². The lowest BCUT2D eigenvalue weighted by molar-refractivity contribution is -0.124. The molecule has 1 saturated carbocycles. The Morgan fingerprint density at radius 2 is 1.67 bits per heavy atom. The number of rotatable bonds is 1. The van der Waals surface area contributed by atoms with E-state index in [1.165, 1.54) is 11.1 Å². The summed E-state index contributed by atoms with van der Waals surface area (Å²) < 4.78 is 0. The number of piperidine rings is 1. The van der Waals surface area contributed by atoms with Gasteiger partial charge in [0.05, 0.1) is 0 Å². The maximum absolute atomic E-state index is 11.7. The summed E-state index contributed by atoms with van der Waals surface area (Å²) in [6, 6.07) is 9.31. The Morgan fingerprint density at radius 1 is 1.06 bits per heavy atom. The number of hydrogen-bond donors (Lipinski definition) is 1. The predicted molar refractivity (Wildman–Crippen MR) is 72.5 cm³/mol. The van der Waals surface area contributed by atoms with Crippen LogP contribution in [0.3, 0.4) is 0 Å². The van der Waals surface area contributed by atoms with Gasteiger partial charge in [0, 0.05) is 12.0 Å². The van der Waals surface area contributed by atoms with E-state index in [-0.39, 0.29) is 17.2 Å². The highest BCUT2D eigenvalue weighted by atomic mass is 16.2. The van der Waals surface area contributed by atoms with Crippen LogP contribution >= 0.6 is 0 Å². The van der Waals surface area contributed by atoms with Crippen molar-refractivity contribution in [2.75, 3.05) is 0 Å². The van der Waals surface area contributed by atoms with Gasteiger partial charge < -0.3 is 5.32 Å². The highest BCUT2D eigenvalue weighted by Gasteiger charge is 2.45. The molecule has 3 rings (SSSR count). The van der Waals surface area contributed by atoms with Crippen LogP contribution in [0.1, 0.15) is 50.7 Å². The first kappa shape index (κ1) is 11.8. The number of fused-ring (bicyclic) bond motifs is 2. The van der Waals surface area contributed by atoms with Crippen molar-refractivity contribution in [1.29, 1.82) is 0 Å². The molecule has 1 heterocycles. The van der Waals surface area contributed by atoms with Gasteiger partial charge in [0.15, 0.2) is 0 Å². The second-order valence-electron chi connectivity index (χ2n) is 6.76. The zero-order chi connectivity index (χ0) is 12.9. The summed E-state index contributed by atoms with van der Waals surface area (Å²) >= 11 is 0. The molecule has 0 aromatic heterocycles. The van der Waals surface area contributed by atoms with E-state index in [0.29, 0.717) is 12.0 Å². The smallest absolute Gasteiger partial charge is 0.224 e. The molecule has 2 aliphatic rings. The van der Waals surface area contributed by atoms with Crippen molar-refractivity contribution in [3.05, 3.63) is 35.4 Å². The van der Waals surface area contributed by atoms with E-state index in [9.17, 15) is 4.79 Å². The molecule has 2 fully saturated rings. The Labute approximate surface area is 109 Å². The van der Waals surface area contributed by atoms with Crippen LogP contribution in [0.5, 0.6) is 0 Å². The molecule has 2 bridgehead atoms. The Hall–Kier alpha value is -1.31. The van der Waals surface area contributed by atoms with Gasteiger partial charge in [-0.3, -0.25) is 4.79 Å². The zero-order valence-corrected chi connectivity index (χ0v) is 11.4. The van der Waals surface area contributed by atoms with Crippen LogP contribution in [-0.4, -0.2) is 11.9 Å². The van der Waals surface area contributed by atoms with Gasteiger partial charge in [0.1, 0.15) is 0 Å².